The molecular weight excluding hydrogens is 284 g/mol. The lowest BCUT2D eigenvalue weighted by Crippen LogP contribution is -2.14. The van der Waals surface area contributed by atoms with E-state index in [1.54, 1.807) is 6.33 Å². The molecule has 1 aromatic heterocycles. The number of halogens is 1. The predicted octanol–water partition coefficient (Wildman–Crippen LogP) is 4.70. The summed E-state index contributed by atoms with van der Waals surface area (Å²) < 4.78 is 0. The summed E-state index contributed by atoms with van der Waals surface area (Å²) in [7, 11) is 0. The molecule has 0 aliphatic heterocycles. The van der Waals surface area contributed by atoms with Crippen molar-refractivity contribution in [3.63, 3.8) is 0 Å². The van der Waals surface area contributed by atoms with Gasteiger partial charge in [0.15, 0.2) is 0 Å². The van der Waals surface area contributed by atoms with E-state index in [0.717, 1.165) is 34.9 Å². The molecular formula is C16H21ClN4. The zero-order valence-corrected chi connectivity index (χ0v) is 13.6. The average Bonchev–Trinajstić information content (AvgIpc) is 2.43. The van der Waals surface area contributed by atoms with Crippen molar-refractivity contribution in [1.82, 2.24) is 9.97 Å². The maximum Gasteiger partial charge on any atom is 0.135 e. The van der Waals surface area contributed by atoms with E-state index >= 15 is 0 Å². The molecule has 2 N–H and O–H groups in total. The number of nitrogens with zero attached hydrogens (tertiary/aromatic N) is 2. The first-order valence-corrected chi connectivity index (χ1v) is 7.49. The Bertz CT molecular complexity index is 604. The number of anilines is 3. The third-order valence-corrected chi connectivity index (χ3v) is 3.66. The van der Waals surface area contributed by atoms with Gasteiger partial charge in [0, 0.05) is 12.1 Å². The number of hydrogen-bond acceptors (Lipinski definition) is 4. The number of benzene rings is 1. The number of hydrogen-bond donors (Lipinski definition) is 2. The summed E-state index contributed by atoms with van der Waals surface area (Å²) >= 11 is 6.31. The van der Waals surface area contributed by atoms with Crippen LogP contribution in [0.5, 0.6) is 0 Å². The fourth-order valence-corrected chi connectivity index (χ4v) is 2.43. The van der Waals surface area contributed by atoms with E-state index in [4.69, 9.17) is 11.6 Å². The number of nitrogens with one attached hydrogen (secondary N) is 2. The van der Waals surface area contributed by atoms with Crippen molar-refractivity contribution < 1.29 is 0 Å². The van der Waals surface area contributed by atoms with Gasteiger partial charge in [0.05, 0.1) is 10.7 Å². The van der Waals surface area contributed by atoms with Crippen LogP contribution in [-0.2, 0) is 0 Å². The quantitative estimate of drug-likeness (QED) is 0.840. The van der Waals surface area contributed by atoms with Crippen LogP contribution >= 0.6 is 11.6 Å². The first kappa shape index (κ1) is 15.6. The third-order valence-electron chi connectivity index (χ3n) is 3.36. The number of rotatable bonds is 5. The SMILES string of the molecule is CCC(C)Nc1cc(Nc2c(C)cc(C)cc2Cl)ncn1. The van der Waals surface area contributed by atoms with Gasteiger partial charge in [-0.2, -0.15) is 0 Å². The van der Waals surface area contributed by atoms with Gasteiger partial charge in [-0.25, -0.2) is 9.97 Å². The van der Waals surface area contributed by atoms with Gasteiger partial charge in [0.25, 0.3) is 0 Å². The molecule has 0 saturated heterocycles. The minimum Gasteiger partial charge on any atom is -0.367 e. The highest BCUT2D eigenvalue weighted by Gasteiger charge is 2.08. The highest BCUT2D eigenvalue weighted by Crippen LogP contribution is 2.30. The molecule has 21 heavy (non-hydrogen) atoms. The lowest BCUT2D eigenvalue weighted by atomic mass is 10.1. The second-order valence-corrected chi connectivity index (χ2v) is 5.71. The lowest BCUT2D eigenvalue weighted by molar-refractivity contribution is 0.758. The zero-order valence-electron chi connectivity index (χ0n) is 12.9. The van der Waals surface area contributed by atoms with Gasteiger partial charge in [0.1, 0.15) is 18.0 Å². The van der Waals surface area contributed by atoms with E-state index < -0.39 is 0 Å². The highest BCUT2D eigenvalue weighted by molar-refractivity contribution is 6.33. The molecule has 0 fully saturated rings. The second kappa shape index (κ2) is 6.76. The van der Waals surface area contributed by atoms with Gasteiger partial charge < -0.3 is 10.6 Å². The van der Waals surface area contributed by atoms with Crippen molar-refractivity contribution in [2.45, 2.75) is 40.2 Å². The minimum absolute atomic E-state index is 0.373. The fraction of sp³-hybridized carbons (Fsp3) is 0.375. The number of aromatic nitrogens is 2. The van der Waals surface area contributed by atoms with Crippen LogP contribution in [0, 0.1) is 13.8 Å². The number of aryl methyl sites for hydroxylation is 2. The van der Waals surface area contributed by atoms with Gasteiger partial charge >= 0.3 is 0 Å². The van der Waals surface area contributed by atoms with Gasteiger partial charge in [-0.1, -0.05) is 24.6 Å². The molecule has 2 aromatic rings. The van der Waals surface area contributed by atoms with Crippen LogP contribution in [-0.4, -0.2) is 16.0 Å². The smallest absolute Gasteiger partial charge is 0.135 e. The van der Waals surface area contributed by atoms with Crippen molar-refractivity contribution in [3.05, 3.63) is 40.7 Å². The molecule has 0 aliphatic carbocycles. The van der Waals surface area contributed by atoms with Crippen molar-refractivity contribution in [1.29, 1.82) is 0 Å². The Hall–Kier alpha value is -1.81. The van der Waals surface area contributed by atoms with Crippen molar-refractivity contribution in [3.8, 4) is 0 Å². The molecule has 1 unspecified atom stereocenters. The Morgan fingerprint density at radius 2 is 1.86 bits per heavy atom. The molecule has 0 amide bonds. The first-order valence-electron chi connectivity index (χ1n) is 7.12. The molecule has 0 saturated carbocycles. The molecule has 1 heterocycles. The molecule has 0 radical (unpaired) electrons. The van der Waals surface area contributed by atoms with Crippen LogP contribution in [0.25, 0.3) is 0 Å². The maximum atomic E-state index is 6.31. The maximum absolute atomic E-state index is 6.31. The summed E-state index contributed by atoms with van der Waals surface area (Å²) in [5.41, 5.74) is 3.12. The second-order valence-electron chi connectivity index (χ2n) is 5.31. The summed E-state index contributed by atoms with van der Waals surface area (Å²) in [4.78, 5) is 8.48. The van der Waals surface area contributed by atoms with Gasteiger partial charge in [-0.15, -0.1) is 0 Å². The first-order chi connectivity index (χ1) is 9.99. The third kappa shape index (κ3) is 4.08. The van der Waals surface area contributed by atoms with E-state index in [1.165, 1.54) is 0 Å². The van der Waals surface area contributed by atoms with Crippen LogP contribution in [0.2, 0.25) is 5.02 Å². The fourth-order valence-electron chi connectivity index (χ4n) is 2.06. The van der Waals surface area contributed by atoms with Crippen LogP contribution in [0.15, 0.2) is 24.5 Å². The molecule has 0 spiro atoms. The summed E-state index contributed by atoms with van der Waals surface area (Å²) in [6.07, 6.45) is 2.58. The topological polar surface area (TPSA) is 49.8 Å². The standard InChI is InChI=1S/C16H21ClN4/c1-5-12(4)20-14-8-15(19-9-18-14)21-16-11(3)6-10(2)7-13(16)17/h6-9,12H,5H2,1-4H3,(H2,18,19,20,21). The van der Waals surface area contributed by atoms with Crippen LogP contribution < -0.4 is 10.6 Å². The molecule has 1 aromatic carbocycles. The van der Waals surface area contributed by atoms with Gasteiger partial charge in [-0.05, 0) is 44.4 Å². The van der Waals surface area contributed by atoms with E-state index in [9.17, 15) is 0 Å². The van der Waals surface area contributed by atoms with Gasteiger partial charge in [0.2, 0.25) is 0 Å². The van der Waals surface area contributed by atoms with Crippen LogP contribution in [0.1, 0.15) is 31.4 Å². The monoisotopic (exact) mass is 304 g/mol. The Morgan fingerprint density at radius 1 is 1.14 bits per heavy atom. The zero-order chi connectivity index (χ0) is 15.4. The van der Waals surface area contributed by atoms with Crippen LogP contribution in [0.4, 0.5) is 17.3 Å². The molecule has 0 aliphatic rings. The Kier molecular flexibility index (Phi) is 5.02. The van der Waals surface area contributed by atoms with Crippen molar-refractivity contribution in [2.24, 2.45) is 0 Å². The molecule has 2 rings (SSSR count). The Labute approximate surface area is 131 Å². The van der Waals surface area contributed by atoms with E-state index in [1.807, 2.05) is 26.0 Å². The summed E-state index contributed by atoms with van der Waals surface area (Å²) in [5, 5.41) is 7.31. The predicted molar refractivity (Wildman–Crippen MR) is 89.6 cm³/mol. The molecule has 4 nitrogen and oxygen atoms in total. The molecule has 1 atom stereocenters. The van der Waals surface area contributed by atoms with Crippen molar-refractivity contribution in [2.75, 3.05) is 10.6 Å². The summed E-state index contributed by atoms with van der Waals surface area (Å²) in [5.74, 6) is 1.53. The Balaban J connectivity index is 2.22. The molecule has 5 heteroatoms. The minimum atomic E-state index is 0.373. The Morgan fingerprint density at radius 3 is 2.52 bits per heavy atom. The lowest BCUT2D eigenvalue weighted by Gasteiger charge is -2.14. The van der Waals surface area contributed by atoms with Crippen LogP contribution in [0.3, 0.4) is 0 Å². The van der Waals surface area contributed by atoms with E-state index in [0.29, 0.717) is 11.1 Å². The molecule has 112 valence electrons. The van der Waals surface area contributed by atoms with E-state index in [-0.39, 0.29) is 0 Å². The summed E-state index contributed by atoms with van der Waals surface area (Å²) in [6.45, 7) is 8.31. The normalized spacial score (nSPS) is 12.0. The average molecular weight is 305 g/mol. The summed E-state index contributed by atoms with van der Waals surface area (Å²) in [6, 6.07) is 6.30. The van der Waals surface area contributed by atoms with E-state index in [2.05, 4.69) is 40.5 Å². The van der Waals surface area contributed by atoms with Crippen molar-refractivity contribution >= 4 is 28.9 Å². The highest BCUT2D eigenvalue weighted by atomic mass is 35.5. The van der Waals surface area contributed by atoms with Gasteiger partial charge in [-0.3, -0.25) is 0 Å². The largest absolute Gasteiger partial charge is 0.367 e. The molecule has 0 bridgehead atoms.